The van der Waals surface area contributed by atoms with Gasteiger partial charge in [-0.05, 0) is 37.5 Å². The van der Waals surface area contributed by atoms with Crippen LogP contribution in [0.2, 0.25) is 5.02 Å². The van der Waals surface area contributed by atoms with Crippen molar-refractivity contribution in [1.29, 1.82) is 0 Å². The second-order valence-corrected chi connectivity index (χ2v) is 8.74. The number of amides is 2. The molecule has 2 heterocycles. The zero-order valence-electron chi connectivity index (χ0n) is 18.3. The first-order valence-corrected chi connectivity index (χ1v) is 11.4. The molecule has 2 saturated heterocycles. The number of likely N-dealkylation sites (tertiary alicyclic amines) is 1. The van der Waals surface area contributed by atoms with Crippen LogP contribution in [0.5, 0.6) is 0 Å². The van der Waals surface area contributed by atoms with Crippen LogP contribution < -0.4 is 0 Å². The van der Waals surface area contributed by atoms with Crippen LogP contribution in [0.3, 0.4) is 0 Å². The second-order valence-electron chi connectivity index (χ2n) is 8.30. The van der Waals surface area contributed by atoms with Crippen molar-refractivity contribution in [2.75, 3.05) is 39.3 Å². The van der Waals surface area contributed by atoms with Crippen LogP contribution in [-0.2, 0) is 16.1 Å². The molecule has 2 amide bonds. The van der Waals surface area contributed by atoms with Gasteiger partial charge in [0, 0.05) is 56.8 Å². The van der Waals surface area contributed by atoms with Crippen molar-refractivity contribution in [3.05, 3.63) is 70.7 Å². The molecule has 0 aliphatic carbocycles. The summed E-state index contributed by atoms with van der Waals surface area (Å²) in [7, 11) is 0. The smallest absolute Gasteiger partial charge is 0.225 e. The Bertz CT molecular complexity index is 830. The van der Waals surface area contributed by atoms with Crippen LogP contribution in [-0.4, -0.2) is 66.3 Å². The molecule has 2 aromatic rings. The average molecular weight is 442 g/mol. The quantitative estimate of drug-likeness (QED) is 0.677. The number of carbonyl (C=O) groups excluding carboxylic acids is 2. The predicted octanol–water partition coefficient (Wildman–Crippen LogP) is 3.85. The molecule has 5 nitrogen and oxygen atoms in total. The Hall–Kier alpha value is -2.37. The van der Waals surface area contributed by atoms with Crippen molar-refractivity contribution in [2.45, 2.75) is 26.3 Å². The van der Waals surface area contributed by atoms with Crippen LogP contribution >= 0.6 is 11.6 Å². The highest BCUT2D eigenvalue weighted by Crippen LogP contribution is 2.20. The van der Waals surface area contributed by atoms with Crippen molar-refractivity contribution < 1.29 is 9.59 Å². The van der Waals surface area contributed by atoms with Gasteiger partial charge in [0.15, 0.2) is 0 Å². The first-order chi connectivity index (χ1) is 15.0. The van der Waals surface area contributed by atoms with E-state index in [0.717, 1.165) is 57.0 Å². The van der Waals surface area contributed by atoms with Crippen LogP contribution in [0.15, 0.2) is 54.6 Å². The number of hydrogen-bond acceptors (Lipinski definition) is 3. The fourth-order valence-electron chi connectivity index (χ4n) is 4.06. The molecule has 166 valence electrons. The molecule has 0 atom stereocenters. The van der Waals surface area contributed by atoms with Crippen LogP contribution in [0.25, 0.3) is 0 Å². The standard InChI is InChI=1S/C18H24ClN3O2.C7H8/c19-17-3-1-2-15(12-17)13-20-8-10-22(11-9-20)18(24)16-4-6-21(14-23)7-5-16;1-7-5-3-2-4-6-7/h1-3,12,14,16H,4-11,13H2;2-6H,1H3. The summed E-state index contributed by atoms with van der Waals surface area (Å²) in [5.41, 5.74) is 2.53. The molecule has 2 fully saturated rings. The highest BCUT2D eigenvalue weighted by Gasteiger charge is 2.30. The molecule has 0 spiro atoms. The SMILES string of the molecule is Cc1ccccc1.O=CN1CCC(C(=O)N2CCN(Cc3cccc(Cl)c3)CC2)CC1. The van der Waals surface area contributed by atoms with Crippen LogP contribution in [0.4, 0.5) is 0 Å². The van der Waals surface area contributed by atoms with Crippen molar-refractivity contribution in [2.24, 2.45) is 5.92 Å². The van der Waals surface area contributed by atoms with Gasteiger partial charge in [0.2, 0.25) is 12.3 Å². The van der Waals surface area contributed by atoms with Gasteiger partial charge in [0.1, 0.15) is 0 Å². The van der Waals surface area contributed by atoms with E-state index in [1.165, 1.54) is 11.1 Å². The van der Waals surface area contributed by atoms with Gasteiger partial charge in [-0.1, -0.05) is 59.6 Å². The zero-order valence-corrected chi connectivity index (χ0v) is 19.0. The highest BCUT2D eigenvalue weighted by molar-refractivity contribution is 6.30. The number of benzene rings is 2. The van der Waals surface area contributed by atoms with Gasteiger partial charge in [-0.15, -0.1) is 0 Å². The van der Waals surface area contributed by atoms with Gasteiger partial charge in [0.05, 0.1) is 0 Å². The van der Waals surface area contributed by atoms with E-state index in [2.05, 4.69) is 30.0 Å². The maximum absolute atomic E-state index is 12.6. The molecule has 6 heteroatoms. The predicted molar refractivity (Wildman–Crippen MR) is 125 cm³/mol. The van der Waals surface area contributed by atoms with Gasteiger partial charge < -0.3 is 9.80 Å². The molecule has 0 bridgehead atoms. The summed E-state index contributed by atoms with van der Waals surface area (Å²) in [6, 6.07) is 18.2. The van der Waals surface area contributed by atoms with Crippen LogP contribution in [0, 0.1) is 12.8 Å². The third-order valence-electron chi connectivity index (χ3n) is 5.95. The summed E-state index contributed by atoms with van der Waals surface area (Å²) in [6.45, 7) is 7.72. The molecule has 2 aromatic carbocycles. The van der Waals surface area contributed by atoms with Crippen LogP contribution in [0.1, 0.15) is 24.0 Å². The number of piperazine rings is 1. The van der Waals surface area contributed by atoms with E-state index in [1.807, 2.05) is 41.3 Å². The Morgan fingerprint density at radius 3 is 2.19 bits per heavy atom. The Morgan fingerprint density at radius 2 is 1.65 bits per heavy atom. The lowest BCUT2D eigenvalue weighted by molar-refractivity contribution is -0.140. The van der Waals surface area contributed by atoms with E-state index >= 15 is 0 Å². The van der Waals surface area contributed by atoms with Crippen molar-refractivity contribution in [1.82, 2.24) is 14.7 Å². The fourth-order valence-corrected chi connectivity index (χ4v) is 4.28. The monoisotopic (exact) mass is 441 g/mol. The van der Waals surface area contributed by atoms with Crippen molar-refractivity contribution in [3.8, 4) is 0 Å². The number of aryl methyl sites for hydroxylation is 1. The average Bonchev–Trinajstić information content (AvgIpc) is 2.80. The Balaban J connectivity index is 0.000000330. The normalized spacial score (nSPS) is 17.6. The Morgan fingerprint density at radius 1 is 0.968 bits per heavy atom. The van der Waals surface area contributed by atoms with E-state index in [0.29, 0.717) is 13.1 Å². The molecule has 0 N–H and O–H groups in total. The molecular formula is C25H32ClN3O2. The topological polar surface area (TPSA) is 43.9 Å². The van der Waals surface area contributed by atoms with E-state index in [1.54, 1.807) is 4.90 Å². The van der Waals surface area contributed by atoms with Crippen molar-refractivity contribution >= 4 is 23.9 Å². The van der Waals surface area contributed by atoms with E-state index in [-0.39, 0.29) is 11.8 Å². The third kappa shape index (κ3) is 7.37. The van der Waals surface area contributed by atoms with Gasteiger partial charge in [-0.25, -0.2) is 0 Å². The molecular weight excluding hydrogens is 410 g/mol. The summed E-state index contributed by atoms with van der Waals surface area (Å²) in [5.74, 6) is 0.351. The highest BCUT2D eigenvalue weighted by atomic mass is 35.5. The largest absolute Gasteiger partial charge is 0.345 e. The molecule has 2 aliphatic rings. The molecule has 2 aliphatic heterocycles. The third-order valence-corrected chi connectivity index (χ3v) is 6.18. The Kier molecular flexibility index (Phi) is 8.92. The molecule has 31 heavy (non-hydrogen) atoms. The number of carbonyl (C=O) groups is 2. The number of hydrogen-bond donors (Lipinski definition) is 0. The van der Waals surface area contributed by atoms with Gasteiger partial charge in [-0.2, -0.15) is 0 Å². The maximum atomic E-state index is 12.6. The maximum Gasteiger partial charge on any atom is 0.225 e. The molecule has 0 unspecified atom stereocenters. The number of nitrogens with zero attached hydrogens (tertiary/aromatic N) is 3. The number of rotatable bonds is 4. The molecule has 0 radical (unpaired) electrons. The zero-order chi connectivity index (χ0) is 22.1. The lowest BCUT2D eigenvalue weighted by Crippen LogP contribution is -2.51. The summed E-state index contributed by atoms with van der Waals surface area (Å²) in [6.07, 6.45) is 2.47. The lowest BCUT2D eigenvalue weighted by Gasteiger charge is -2.38. The fraction of sp³-hybridized carbons (Fsp3) is 0.440. The lowest BCUT2D eigenvalue weighted by atomic mass is 9.95. The summed E-state index contributed by atoms with van der Waals surface area (Å²) >= 11 is 6.04. The van der Waals surface area contributed by atoms with E-state index in [9.17, 15) is 9.59 Å². The molecule has 4 rings (SSSR count). The summed E-state index contributed by atoms with van der Waals surface area (Å²) in [5, 5.41) is 0.767. The first kappa shape index (κ1) is 23.3. The molecule has 0 saturated carbocycles. The summed E-state index contributed by atoms with van der Waals surface area (Å²) in [4.78, 5) is 29.5. The van der Waals surface area contributed by atoms with E-state index < -0.39 is 0 Å². The number of piperidine rings is 1. The van der Waals surface area contributed by atoms with Gasteiger partial charge >= 0.3 is 0 Å². The first-order valence-electron chi connectivity index (χ1n) is 11.0. The van der Waals surface area contributed by atoms with E-state index in [4.69, 9.17) is 11.6 Å². The minimum atomic E-state index is 0.0840. The van der Waals surface area contributed by atoms with Gasteiger partial charge in [0.25, 0.3) is 0 Å². The minimum absolute atomic E-state index is 0.0840. The Labute approximate surface area is 190 Å². The minimum Gasteiger partial charge on any atom is -0.345 e. The second kappa shape index (κ2) is 11.9. The number of halogens is 1. The van der Waals surface area contributed by atoms with Crippen molar-refractivity contribution in [3.63, 3.8) is 0 Å². The molecule has 0 aromatic heterocycles. The van der Waals surface area contributed by atoms with Gasteiger partial charge in [-0.3, -0.25) is 14.5 Å². The summed E-state index contributed by atoms with van der Waals surface area (Å²) < 4.78 is 0.